The third-order valence-electron chi connectivity index (χ3n) is 4.07. The number of carbonyl (C=O) groups excluding carboxylic acids is 1. The number of rotatable bonds is 6. The number of hydrogen-bond acceptors (Lipinski definition) is 3. The highest BCUT2D eigenvalue weighted by atomic mass is 19.2. The number of benzene rings is 1. The summed E-state index contributed by atoms with van der Waals surface area (Å²) in [5, 5.41) is 15.0. The average Bonchev–Trinajstić information content (AvgIpc) is 3.13. The van der Waals surface area contributed by atoms with Crippen LogP contribution < -0.4 is 5.32 Å². The molecule has 1 aromatic carbocycles. The van der Waals surface area contributed by atoms with E-state index in [0.717, 1.165) is 29.6 Å². The Morgan fingerprint density at radius 1 is 1.32 bits per heavy atom. The lowest BCUT2D eigenvalue weighted by Crippen LogP contribution is -2.12. The lowest BCUT2D eigenvalue weighted by molar-refractivity contribution is -0.116. The Balaban J connectivity index is 1.60. The molecule has 0 aliphatic heterocycles. The first-order chi connectivity index (χ1) is 12.0. The maximum Gasteiger partial charge on any atom is 0.225 e. The average molecular weight is 347 g/mol. The van der Waals surface area contributed by atoms with Gasteiger partial charge in [0, 0.05) is 13.5 Å². The highest BCUT2D eigenvalue weighted by Crippen LogP contribution is 2.24. The van der Waals surface area contributed by atoms with E-state index >= 15 is 0 Å². The number of nitrogens with zero attached hydrogens (tertiary/aromatic N) is 3. The van der Waals surface area contributed by atoms with Gasteiger partial charge in [0.2, 0.25) is 5.91 Å². The Hall–Kier alpha value is -2.77. The minimum absolute atomic E-state index is 0.168. The van der Waals surface area contributed by atoms with Gasteiger partial charge in [-0.2, -0.15) is 10.2 Å². The predicted molar refractivity (Wildman–Crippen MR) is 90.2 cm³/mol. The van der Waals surface area contributed by atoms with Crippen molar-refractivity contribution >= 4 is 22.8 Å². The van der Waals surface area contributed by atoms with Gasteiger partial charge in [-0.25, -0.2) is 13.5 Å². The smallest absolute Gasteiger partial charge is 0.225 e. The van der Waals surface area contributed by atoms with E-state index < -0.39 is 11.6 Å². The number of hydrogen-bond donors (Lipinski definition) is 2. The van der Waals surface area contributed by atoms with Crippen LogP contribution in [-0.4, -0.2) is 25.9 Å². The number of aromatic nitrogens is 4. The molecule has 0 radical (unpaired) electrons. The van der Waals surface area contributed by atoms with Gasteiger partial charge in [-0.3, -0.25) is 9.89 Å². The summed E-state index contributed by atoms with van der Waals surface area (Å²) in [5.41, 5.74) is 2.22. The number of halogens is 2. The van der Waals surface area contributed by atoms with Gasteiger partial charge in [-0.05, 0) is 37.0 Å². The van der Waals surface area contributed by atoms with Crippen LogP contribution in [0.4, 0.5) is 14.6 Å². The summed E-state index contributed by atoms with van der Waals surface area (Å²) in [5.74, 6) is -1.37. The van der Waals surface area contributed by atoms with Crippen molar-refractivity contribution in [3.05, 3.63) is 41.1 Å². The minimum Gasteiger partial charge on any atom is -0.310 e. The maximum absolute atomic E-state index is 13.2. The lowest BCUT2D eigenvalue weighted by atomic mass is 10.1. The third-order valence-corrected chi connectivity index (χ3v) is 4.07. The standard InChI is InChI=1S/C17H19F2N5O/c1-3-13-15-16(21-22-17(15)24(2)23-13)20-14(25)6-4-5-10-7-8-11(18)12(19)9-10/h7-9H,3-6H2,1-2H3,(H2,20,21,22,25). The van der Waals surface area contributed by atoms with Crippen molar-refractivity contribution in [1.82, 2.24) is 20.0 Å². The Morgan fingerprint density at radius 3 is 2.84 bits per heavy atom. The lowest BCUT2D eigenvalue weighted by Gasteiger charge is -2.04. The molecule has 0 atom stereocenters. The van der Waals surface area contributed by atoms with Crippen molar-refractivity contribution in [3.8, 4) is 0 Å². The van der Waals surface area contributed by atoms with E-state index in [2.05, 4.69) is 20.6 Å². The molecular formula is C17H19F2N5O. The van der Waals surface area contributed by atoms with Gasteiger partial charge in [0.05, 0.1) is 11.1 Å². The van der Waals surface area contributed by atoms with Crippen molar-refractivity contribution in [2.45, 2.75) is 32.6 Å². The first-order valence-electron chi connectivity index (χ1n) is 8.13. The summed E-state index contributed by atoms with van der Waals surface area (Å²) in [6, 6.07) is 3.79. The van der Waals surface area contributed by atoms with Crippen LogP contribution in [0, 0.1) is 11.6 Å². The number of amides is 1. The largest absolute Gasteiger partial charge is 0.310 e. The van der Waals surface area contributed by atoms with Gasteiger partial charge < -0.3 is 5.32 Å². The molecule has 6 nitrogen and oxygen atoms in total. The van der Waals surface area contributed by atoms with E-state index in [1.165, 1.54) is 6.07 Å². The number of fused-ring (bicyclic) bond motifs is 1. The van der Waals surface area contributed by atoms with E-state index in [4.69, 9.17) is 0 Å². The molecule has 0 unspecified atom stereocenters. The Morgan fingerprint density at radius 2 is 2.12 bits per heavy atom. The molecule has 2 aromatic heterocycles. The van der Waals surface area contributed by atoms with Gasteiger partial charge in [-0.15, -0.1) is 0 Å². The fraction of sp³-hybridized carbons (Fsp3) is 0.353. The molecular weight excluding hydrogens is 328 g/mol. The molecule has 2 heterocycles. The zero-order valence-electron chi connectivity index (χ0n) is 14.1. The number of aryl methyl sites for hydroxylation is 3. The molecule has 8 heteroatoms. The summed E-state index contributed by atoms with van der Waals surface area (Å²) < 4.78 is 27.7. The van der Waals surface area contributed by atoms with Crippen molar-refractivity contribution in [2.75, 3.05) is 5.32 Å². The van der Waals surface area contributed by atoms with Crippen LogP contribution in [0.2, 0.25) is 0 Å². The van der Waals surface area contributed by atoms with Gasteiger partial charge >= 0.3 is 0 Å². The van der Waals surface area contributed by atoms with Crippen LogP contribution in [-0.2, 0) is 24.7 Å². The molecule has 3 rings (SSSR count). The zero-order valence-corrected chi connectivity index (χ0v) is 14.1. The van der Waals surface area contributed by atoms with E-state index in [-0.39, 0.29) is 12.3 Å². The molecule has 0 saturated carbocycles. The number of nitrogens with one attached hydrogen (secondary N) is 2. The van der Waals surface area contributed by atoms with E-state index in [9.17, 15) is 13.6 Å². The molecule has 0 aliphatic carbocycles. The fourth-order valence-corrected chi connectivity index (χ4v) is 2.81. The molecule has 0 fully saturated rings. The van der Waals surface area contributed by atoms with Crippen molar-refractivity contribution in [2.24, 2.45) is 7.05 Å². The maximum atomic E-state index is 13.2. The summed E-state index contributed by atoms with van der Waals surface area (Å²) in [6.07, 6.45) is 2.02. The number of H-pyrrole nitrogens is 1. The Kier molecular flexibility index (Phi) is 4.78. The predicted octanol–water partition coefficient (Wildman–Crippen LogP) is 3.10. The minimum atomic E-state index is -0.870. The molecule has 1 amide bonds. The number of aromatic amines is 1. The van der Waals surface area contributed by atoms with Crippen molar-refractivity contribution in [3.63, 3.8) is 0 Å². The molecule has 2 N–H and O–H groups in total. The Labute approximate surface area is 143 Å². The molecule has 3 aromatic rings. The topological polar surface area (TPSA) is 75.6 Å². The number of anilines is 1. The van der Waals surface area contributed by atoms with Crippen LogP contribution >= 0.6 is 0 Å². The quantitative estimate of drug-likeness (QED) is 0.719. The number of carbonyl (C=O) groups is 1. The summed E-state index contributed by atoms with van der Waals surface area (Å²) >= 11 is 0. The third kappa shape index (κ3) is 3.52. The van der Waals surface area contributed by atoms with E-state index in [1.54, 1.807) is 11.7 Å². The first kappa shape index (κ1) is 17.1. The molecule has 0 aliphatic rings. The summed E-state index contributed by atoms with van der Waals surface area (Å²) in [7, 11) is 1.80. The molecule has 25 heavy (non-hydrogen) atoms. The normalized spacial score (nSPS) is 11.2. The van der Waals surface area contributed by atoms with Crippen LogP contribution in [0.25, 0.3) is 11.0 Å². The van der Waals surface area contributed by atoms with Gasteiger partial charge in [0.1, 0.15) is 5.82 Å². The van der Waals surface area contributed by atoms with E-state index in [0.29, 0.717) is 29.9 Å². The van der Waals surface area contributed by atoms with Crippen LogP contribution in [0.15, 0.2) is 18.2 Å². The molecule has 0 bridgehead atoms. The van der Waals surface area contributed by atoms with Gasteiger partial charge in [-0.1, -0.05) is 13.0 Å². The van der Waals surface area contributed by atoms with Crippen LogP contribution in [0.1, 0.15) is 31.0 Å². The second-order valence-corrected chi connectivity index (χ2v) is 5.87. The van der Waals surface area contributed by atoms with Crippen molar-refractivity contribution in [1.29, 1.82) is 0 Å². The molecule has 0 saturated heterocycles. The van der Waals surface area contributed by atoms with Gasteiger partial charge in [0.25, 0.3) is 0 Å². The second kappa shape index (κ2) is 7.00. The zero-order chi connectivity index (χ0) is 18.0. The summed E-state index contributed by atoms with van der Waals surface area (Å²) in [4.78, 5) is 12.2. The van der Waals surface area contributed by atoms with Crippen LogP contribution in [0.3, 0.4) is 0 Å². The van der Waals surface area contributed by atoms with E-state index in [1.807, 2.05) is 6.92 Å². The Bertz CT molecular complexity index is 915. The van der Waals surface area contributed by atoms with Crippen molar-refractivity contribution < 1.29 is 13.6 Å². The summed E-state index contributed by atoms with van der Waals surface area (Å²) in [6.45, 7) is 1.99. The first-order valence-corrected chi connectivity index (χ1v) is 8.13. The van der Waals surface area contributed by atoms with Gasteiger partial charge in [0.15, 0.2) is 17.3 Å². The fourth-order valence-electron chi connectivity index (χ4n) is 2.81. The molecule has 132 valence electrons. The highest BCUT2D eigenvalue weighted by Gasteiger charge is 2.16. The monoisotopic (exact) mass is 347 g/mol. The highest BCUT2D eigenvalue weighted by molar-refractivity contribution is 5.99. The second-order valence-electron chi connectivity index (χ2n) is 5.87. The van der Waals surface area contributed by atoms with Crippen LogP contribution in [0.5, 0.6) is 0 Å². The molecule has 0 spiro atoms. The SMILES string of the molecule is CCc1nn(C)c2n[nH]c(NC(=O)CCCc3ccc(F)c(F)c3)c12.